The number of hydrogen-bond acceptors (Lipinski definition) is 4. The second-order valence-corrected chi connectivity index (χ2v) is 4.36. The Morgan fingerprint density at radius 2 is 2.50 bits per heavy atom. The minimum atomic E-state index is 0.473. The van der Waals surface area contributed by atoms with Gasteiger partial charge in [-0.1, -0.05) is 0 Å². The zero-order chi connectivity index (χ0) is 11.5. The third-order valence-electron chi connectivity index (χ3n) is 3.16. The van der Waals surface area contributed by atoms with E-state index in [1.807, 2.05) is 0 Å². The van der Waals surface area contributed by atoms with E-state index in [9.17, 15) is 0 Å². The van der Waals surface area contributed by atoms with Gasteiger partial charge in [0, 0.05) is 7.05 Å². The van der Waals surface area contributed by atoms with Crippen LogP contribution < -0.4 is 11.1 Å². The van der Waals surface area contributed by atoms with Crippen LogP contribution >= 0.6 is 0 Å². The maximum Gasteiger partial charge on any atom is 0.139 e. The van der Waals surface area contributed by atoms with Crippen molar-refractivity contribution in [1.82, 2.24) is 15.1 Å². The molecule has 16 heavy (non-hydrogen) atoms. The topological polar surface area (TPSA) is 79.7 Å². The van der Waals surface area contributed by atoms with Gasteiger partial charge in [0.15, 0.2) is 0 Å². The Bertz CT molecular complexity index is 409. The fourth-order valence-electron chi connectivity index (χ4n) is 2.23. The third kappa shape index (κ3) is 2.02. The molecule has 1 aliphatic heterocycles. The molecule has 0 bridgehead atoms. The van der Waals surface area contributed by atoms with Gasteiger partial charge in [-0.2, -0.15) is 10.4 Å². The number of nitrogen functional groups attached to an aromatic ring is 1. The number of aryl methyl sites for hydroxylation is 1. The molecule has 1 aromatic rings. The molecule has 1 aromatic heterocycles. The van der Waals surface area contributed by atoms with Gasteiger partial charge in [-0.3, -0.25) is 4.68 Å². The molecule has 2 heterocycles. The Morgan fingerprint density at radius 3 is 3.12 bits per heavy atom. The van der Waals surface area contributed by atoms with E-state index in [2.05, 4.69) is 16.5 Å². The zero-order valence-electron chi connectivity index (χ0n) is 9.53. The normalized spacial score (nSPS) is 20.6. The molecule has 0 aliphatic carbocycles. The summed E-state index contributed by atoms with van der Waals surface area (Å²) in [6.45, 7) is 2.12. The second-order valence-electron chi connectivity index (χ2n) is 4.36. The highest BCUT2D eigenvalue weighted by Gasteiger charge is 2.19. The van der Waals surface area contributed by atoms with Gasteiger partial charge in [-0.05, 0) is 38.3 Å². The van der Waals surface area contributed by atoms with Crippen molar-refractivity contribution in [2.24, 2.45) is 13.0 Å². The van der Waals surface area contributed by atoms with Gasteiger partial charge >= 0.3 is 0 Å². The molecule has 0 saturated carbocycles. The maximum atomic E-state index is 9.04. The van der Waals surface area contributed by atoms with Crippen molar-refractivity contribution < 1.29 is 0 Å². The van der Waals surface area contributed by atoms with E-state index < -0.39 is 0 Å². The molecule has 1 saturated heterocycles. The fraction of sp³-hybridized carbons (Fsp3) is 0.636. The number of nitriles is 1. The quantitative estimate of drug-likeness (QED) is 0.755. The van der Waals surface area contributed by atoms with Crippen LogP contribution in [0.5, 0.6) is 0 Å². The summed E-state index contributed by atoms with van der Waals surface area (Å²) in [5.41, 5.74) is 7.17. The van der Waals surface area contributed by atoms with Crippen LogP contribution in [0.1, 0.15) is 24.1 Å². The number of aromatic nitrogens is 2. The van der Waals surface area contributed by atoms with Crippen molar-refractivity contribution in [3.05, 3.63) is 11.3 Å². The van der Waals surface area contributed by atoms with Crippen molar-refractivity contribution in [3.8, 4) is 6.07 Å². The van der Waals surface area contributed by atoms with E-state index in [4.69, 9.17) is 11.0 Å². The van der Waals surface area contributed by atoms with Crippen molar-refractivity contribution in [3.63, 3.8) is 0 Å². The largest absolute Gasteiger partial charge is 0.383 e. The van der Waals surface area contributed by atoms with Crippen LogP contribution in [0.25, 0.3) is 0 Å². The smallest absolute Gasteiger partial charge is 0.139 e. The number of nitrogens with zero attached hydrogens (tertiary/aromatic N) is 3. The van der Waals surface area contributed by atoms with Gasteiger partial charge < -0.3 is 11.1 Å². The summed E-state index contributed by atoms with van der Waals surface area (Å²) in [6.07, 6.45) is 3.25. The van der Waals surface area contributed by atoms with Crippen LogP contribution in [0.3, 0.4) is 0 Å². The lowest BCUT2D eigenvalue weighted by Gasteiger charge is -2.21. The first-order chi connectivity index (χ1) is 7.72. The molecule has 0 amide bonds. The maximum absolute atomic E-state index is 9.04. The molecule has 1 aliphatic rings. The number of hydrogen-bond donors (Lipinski definition) is 2. The van der Waals surface area contributed by atoms with Crippen LogP contribution in [0, 0.1) is 17.2 Å². The number of piperidine rings is 1. The number of nitrogens with one attached hydrogen (secondary N) is 1. The molecule has 0 radical (unpaired) electrons. The Morgan fingerprint density at radius 1 is 1.69 bits per heavy atom. The van der Waals surface area contributed by atoms with Crippen LogP contribution in [0.4, 0.5) is 5.82 Å². The number of rotatable bonds is 2. The molecular formula is C11H17N5. The molecule has 2 rings (SSSR count). The summed E-state index contributed by atoms with van der Waals surface area (Å²) in [5.74, 6) is 1.05. The summed E-state index contributed by atoms with van der Waals surface area (Å²) >= 11 is 0. The van der Waals surface area contributed by atoms with Gasteiger partial charge in [0.25, 0.3) is 0 Å². The van der Waals surface area contributed by atoms with E-state index in [0.717, 1.165) is 25.2 Å². The lowest BCUT2D eigenvalue weighted by molar-refractivity contribution is 0.372. The summed E-state index contributed by atoms with van der Waals surface area (Å²) in [7, 11) is 1.78. The van der Waals surface area contributed by atoms with Crippen molar-refractivity contribution >= 4 is 5.82 Å². The Hall–Kier alpha value is -1.54. The SMILES string of the molecule is Cn1nc(CC2CCCNC2)c(C#N)c1N. The monoisotopic (exact) mass is 219 g/mol. The average Bonchev–Trinajstić information content (AvgIpc) is 2.56. The molecule has 5 heteroatoms. The first kappa shape index (κ1) is 11.0. The van der Waals surface area contributed by atoms with E-state index in [0.29, 0.717) is 17.3 Å². The summed E-state index contributed by atoms with van der Waals surface area (Å²) < 4.78 is 1.59. The summed E-state index contributed by atoms with van der Waals surface area (Å²) in [6, 6.07) is 2.15. The van der Waals surface area contributed by atoms with E-state index in [1.165, 1.54) is 12.8 Å². The molecule has 86 valence electrons. The predicted molar refractivity (Wildman–Crippen MR) is 61.6 cm³/mol. The van der Waals surface area contributed by atoms with Crippen LogP contribution in [0.2, 0.25) is 0 Å². The van der Waals surface area contributed by atoms with Crippen LogP contribution in [0.15, 0.2) is 0 Å². The van der Waals surface area contributed by atoms with Crippen molar-refractivity contribution in [2.45, 2.75) is 19.3 Å². The number of nitrogens with two attached hydrogens (primary N) is 1. The molecule has 1 unspecified atom stereocenters. The number of anilines is 1. The van der Waals surface area contributed by atoms with Gasteiger partial charge in [-0.15, -0.1) is 0 Å². The summed E-state index contributed by atoms with van der Waals surface area (Å²) in [5, 5.41) is 16.7. The molecule has 0 spiro atoms. The highest BCUT2D eigenvalue weighted by Crippen LogP contribution is 2.21. The minimum Gasteiger partial charge on any atom is -0.383 e. The van der Waals surface area contributed by atoms with Gasteiger partial charge in [0.05, 0.1) is 5.69 Å². The molecule has 1 atom stereocenters. The summed E-state index contributed by atoms with van der Waals surface area (Å²) in [4.78, 5) is 0. The Labute approximate surface area is 95.2 Å². The highest BCUT2D eigenvalue weighted by molar-refractivity contribution is 5.52. The molecular weight excluding hydrogens is 202 g/mol. The fourth-order valence-corrected chi connectivity index (χ4v) is 2.23. The van der Waals surface area contributed by atoms with Gasteiger partial charge in [-0.25, -0.2) is 0 Å². The second kappa shape index (κ2) is 4.54. The molecule has 1 fully saturated rings. The highest BCUT2D eigenvalue weighted by atomic mass is 15.3. The standard InChI is InChI=1S/C11H17N5/c1-16-11(13)9(6-12)10(15-16)5-8-3-2-4-14-7-8/h8,14H,2-5,7,13H2,1H3. The van der Waals surface area contributed by atoms with E-state index >= 15 is 0 Å². The Balaban J connectivity index is 2.14. The molecule has 3 N–H and O–H groups in total. The van der Waals surface area contributed by atoms with Crippen molar-refractivity contribution in [2.75, 3.05) is 18.8 Å². The minimum absolute atomic E-state index is 0.473. The van der Waals surface area contributed by atoms with Crippen LogP contribution in [-0.2, 0) is 13.5 Å². The first-order valence-corrected chi connectivity index (χ1v) is 5.64. The average molecular weight is 219 g/mol. The molecule has 5 nitrogen and oxygen atoms in total. The third-order valence-corrected chi connectivity index (χ3v) is 3.16. The lowest BCUT2D eigenvalue weighted by atomic mass is 9.93. The van der Waals surface area contributed by atoms with Gasteiger partial charge in [0.2, 0.25) is 0 Å². The van der Waals surface area contributed by atoms with Gasteiger partial charge in [0.1, 0.15) is 17.5 Å². The van der Waals surface area contributed by atoms with Crippen molar-refractivity contribution in [1.29, 1.82) is 5.26 Å². The lowest BCUT2D eigenvalue weighted by Crippen LogP contribution is -2.31. The predicted octanol–water partition coefficient (Wildman–Crippen LogP) is 0.416. The first-order valence-electron chi connectivity index (χ1n) is 5.64. The van der Waals surface area contributed by atoms with E-state index in [-0.39, 0.29) is 0 Å². The Kier molecular flexibility index (Phi) is 3.11. The van der Waals surface area contributed by atoms with Crippen LogP contribution in [-0.4, -0.2) is 22.9 Å². The molecule has 0 aromatic carbocycles. The van der Waals surface area contributed by atoms with E-state index in [1.54, 1.807) is 11.7 Å². The zero-order valence-corrected chi connectivity index (χ0v) is 9.53.